The highest BCUT2D eigenvalue weighted by molar-refractivity contribution is 6.02. The van der Waals surface area contributed by atoms with Crippen LogP contribution in [0.3, 0.4) is 0 Å². The van der Waals surface area contributed by atoms with Crippen molar-refractivity contribution in [3.63, 3.8) is 0 Å². The first-order valence-corrected chi connectivity index (χ1v) is 15.7. The van der Waals surface area contributed by atoms with Gasteiger partial charge in [0.25, 0.3) is 5.92 Å². The number of aryl methyl sites for hydroxylation is 2. The first kappa shape index (κ1) is 38.5. The second-order valence-electron chi connectivity index (χ2n) is 13.3. The van der Waals surface area contributed by atoms with E-state index >= 15 is 8.78 Å². The largest absolute Gasteiger partial charge is 0.481 e. The number of hydrogen-bond acceptors (Lipinski definition) is 6. The second kappa shape index (κ2) is 16.7. The molecular weight excluding hydrogens is 596 g/mol. The number of nitrogens with zero attached hydrogens (tertiary/aromatic N) is 1. The fraction of sp³-hybridized carbons (Fsp3) is 0.543. The minimum Gasteiger partial charge on any atom is -0.481 e. The van der Waals surface area contributed by atoms with E-state index in [9.17, 15) is 29.4 Å². The van der Waals surface area contributed by atoms with Gasteiger partial charge >= 0.3 is 5.97 Å². The van der Waals surface area contributed by atoms with Crippen molar-refractivity contribution in [2.24, 2.45) is 23.0 Å². The average Bonchev–Trinajstić information content (AvgIpc) is 2.98. The minimum absolute atomic E-state index is 0.0102. The average molecular weight is 646 g/mol. The van der Waals surface area contributed by atoms with Gasteiger partial charge in [0.2, 0.25) is 17.7 Å². The van der Waals surface area contributed by atoms with Gasteiger partial charge in [-0.25, -0.2) is 8.78 Å². The molecule has 46 heavy (non-hydrogen) atoms. The van der Waals surface area contributed by atoms with Crippen LogP contribution in [0.5, 0.6) is 0 Å². The lowest BCUT2D eigenvalue weighted by molar-refractivity contribution is -0.165. The van der Waals surface area contributed by atoms with Crippen molar-refractivity contribution in [2.75, 3.05) is 0 Å². The molecule has 0 radical (unpaired) electrons. The van der Waals surface area contributed by atoms with Crippen LogP contribution in [0, 0.1) is 17.3 Å². The number of imide groups is 1. The third-order valence-corrected chi connectivity index (χ3v) is 8.20. The lowest BCUT2D eigenvalue weighted by Gasteiger charge is -2.40. The molecule has 9 nitrogen and oxygen atoms in total. The molecule has 2 aromatic carbocycles. The molecular formula is C35H49F2N3O6. The Kier molecular flexibility index (Phi) is 14.0. The van der Waals surface area contributed by atoms with E-state index in [1.807, 2.05) is 6.07 Å². The number of aliphatic hydroxyl groups excluding tert-OH is 1. The molecule has 11 heteroatoms. The monoisotopic (exact) mass is 645 g/mol. The Morgan fingerprint density at radius 3 is 1.85 bits per heavy atom. The van der Waals surface area contributed by atoms with Gasteiger partial charge in [0.05, 0.1) is 18.0 Å². The van der Waals surface area contributed by atoms with Gasteiger partial charge in [-0.2, -0.15) is 0 Å². The number of halogens is 2. The molecule has 0 aliphatic heterocycles. The Balaban J connectivity index is 2.39. The number of alkyl halides is 2. The van der Waals surface area contributed by atoms with Gasteiger partial charge in [0, 0.05) is 12.8 Å². The van der Waals surface area contributed by atoms with Gasteiger partial charge in [-0.05, 0) is 48.6 Å². The van der Waals surface area contributed by atoms with Crippen LogP contribution >= 0.6 is 0 Å². The van der Waals surface area contributed by atoms with Crippen molar-refractivity contribution in [3.8, 4) is 0 Å². The first-order chi connectivity index (χ1) is 21.4. The van der Waals surface area contributed by atoms with Crippen LogP contribution in [-0.4, -0.2) is 69.0 Å². The number of hydrogen-bond donors (Lipinski definition) is 4. The Hall–Kier alpha value is -3.70. The third kappa shape index (κ3) is 10.7. The van der Waals surface area contributed by atoms with Crippen LogP contribution in [0.2, 0.25) is 0 Å². The summed E-state index contributed by atoms with van der Waals surface area (Å²) < 4.78 is 31.2. The second-order valence-corrected chi connectivity index (χ2v) is 13.3. The zero-order valence-electron chi connectivity index (χ0n) is 27.6. The van der Waals surface area contributed by atoms with Gasteiger partial charge in [0.15, 0.2) is 0 Å². The van der Waals surface area contributed by atoms with Crippen molar-refractivity contribution in [3.05, 3.63) is 71.8 Å². The molecule has 2 rings (SSSR count). The van der Waals surface area contributed by atoms with Crippen molar-refractivity contribution in [1.82, 2.24) is 10.2 Å². The SMILES string of the molecule is CC(C)[C@H](N)C(=O)N(C(=O)CCc1ccccc1)[C@@H](C)C(=O)NC(C(C(=O)O)C(C)(C)C)C(O)C(F)(F)CCCc1ccccc1. The number of carboxylic acids is 1. The van der Waals surface area contributed by atoms with Crippen molar-refractivity contribution in [2.45, 2.75) is 104 Å². The van der Waals surface area contributed by atoms with E-state index in [-0.39, 0.29) is 19.3 Å². The maximum absolute atomic E-state index is 15.6. The number of carboxylic acid groups (broad SMARTS) is 1. The van der Waals surface area contributed by atoms with Crippen LogP contribution in [-0.2, 0) is 32.0 Å². The number of nitrogens with one attached hydrogen (secondary N) is 1. The zero-order chi connectivity index (χ0) is 34.8. The van der Waals surface area contributed by atoms with Gasteiger partial charge < -0.3 is 21.3 Å². The summed E-state index contributed by atoms with van der Waals surface area (Å²) >= 11 is 0. The topological polar surface area (TPSA) is 150 Å². The van der Waals surface area contributed by atoms with E-state index in [0.29, 0.717) is 6.42 Å². The predicted octanol–water partition coefficient (Wildman–Crippen LogP) is 4.60. The Morgan fingerprint density at radius 2 is 1.39 bits per heavy atom. The molecule has 0 heterocycles. The maximum atomic E-state index is 15.6. The molecule has 5 atom stereocenters. The molecule has 0 aromatic heterocycles. The number of carbonyl (C=O) groups excluding carboxylic acids is 3. The summed E-state index contributed by atoms with van der Waals surface area (Å²) in [5.41, 5.74) is 6.55. The summed E-state index contributed by atoms with van der Waals surface area (Å²) in [4.78, 5) is 53.8. The summed E-state index contributed by atoms with van der Waals surface area (Å²) in [6, 6.07) is 13.3. The van der Waals surface area contributed by atoms with E-state index < -0.39 is 77.5 Å². The molecule has 0 saturated heterocycles. The quantitative estimate of drug-likeness (QED) is 0.209. The van der Waals surface area contributed by atoms with Crippen molar-refractivity contribution < 1.29 is 38.2 Å². The lowest BCUT2D eigenvalue weighted by Crippen LogP contribution is -2.63. The van der Waals surface area contributed by atoms with Crippen molar-refractivity contribution >= 4 is 23.7 Å². The predicted molar refractivity (Wildman–Crippen MR) is 172 cm³/mol. The van der Waals surface area contributed by atoms with E-state index in [1.54, 1.807) is 68.4 Å². The molecule has 3 unspecified atom stereocenters. The van der Waals surface area contributed by atoms with Crippen LogP contribution < -0.4 is 11.1 Å². The number of carbonyl (C=O) groups is 4. The Labute approximate surface area is 270 Å². The Morgan fingerprint density at radius 1 is 0.891 bits per heavy atom. The van der Waals surface area contributed by atoms with E-state index in [4.69, 9.17) is 5.73 Å². The fourth-order valence-corrected chi connectivity index (χ4v) is 5.38. The van der Waals surface area contributed by atoms with Crippen LogP contribution in [0.15, 0.2) is 60.7 Å². The van der Waals surface area contributed by atoms with Crippen LogP contribution in [0.25, 0.3) is 0 Å². The van der Waals surface area contributed by atoms with Gasteiger partial charge in [-0.3, -0.25) is 24.1 Å². The molecule has 0 fully saturated rings. The fourth-order valence-electron chi connectivity index (χ4n) is 5.38. The highest BCUT2D eigenvalue weighted by atomic mass is 19.3. The molecule has 254 valence electrons. The molecule has 5 N–H and O–H groups in total. The maximum Gasteiger partial charge on any atom is 0.309 e. The number of aliphatic hydroxyl groups is 1. The first-order valence-electron chi connectivity index (χ1n) is 15.7. The normalized spacial score (nSPS) is 15.4. The highest BCUT2D eigenvalue weighted by Crippen LogP contribution is 2.36. The van der Waals surface area contributed by atoms with Crippen LogP contribution in [0.4, 0.5) is 8.78 Å². The molecule has 0 spiro atoms. The van der Waals surface area contributed by atoms with Gasteiger partial charge in [-0.1, -0.05) is 95.3 Å². The van der Waals surface area contributed by atoms with Gasteiger partial charge in [-0.15, -0.1) is 0 Å². The molecule has 0 aliphatic rings. The summed E-state index contributed by atoms with van der Waals surface area (Å²) in [6.07, 6.45) is -2.95. The van der Waals surface area contributed by atoms with E-state index in [2.05, 4.69) is 5.32 Å². The van der Waals surface area contributed by atoms with Crippen LogP contribution in [0.1, 0.15) is 71.9 Å². The number of nitrogens with two attached hydrogens (primary N) is 1. The zero-order valence-corrected chi connectivity index (χ0v) is 27.6. The van der Waals surface area contributed by atoms with E-state index in [0.717, 1.165) is 16.0 Å². The number of rotatable bonds is 16. The summed E-state index contributed by atoms with van der Waals surface area (Å²) in [5.74, 6) is -9.94. The number of aliphatic carboxylic acids is 1. The number of amides is 3. The molecule has 0 saturated carbocycles. The summed E-state index contributed by atoms with van der Waals surface area (Å²) in [7, 11) is 0. The van der Waals surface area contributed by atoms with Crippen molar-refractivity contribution in [1.29, 1.82) is 0 Å². The Bertz CT molecular complexity index is 1300. The minimum atomic E-state index is -3.78. The molecule has 0 aliphatic carbocycles. The summed E-state index contributed by atoms with van der Waals surface area (Å²) in [6.45, 7) is 9.09. The standard InChI is InChI=1S/C35H49F2N3O6/c1-22(2)28(38)32(44)40(26(41)20-19-25-16-11-8-12-17-25)23(3)31(43)39-29(27(33(45)46)34(4,5)6)30(42)35(36,37)21-13-18-24-14-9-7-10-15-24/h7-12,14-17,22-23,27-30,42H,13,18-21,38H2,1-6H3,(H,39,43)(H,45,46)/t23-,27?,28-,29?,30?/m0/s1. The van der Waals surface area contributed by atoms with Gasteiger partial charge in [0.1, 0.15) is 12.1 Å². The summed E-state index contributed by atoms with van der Waals surface area (Å²) in [5, 5.41) is 23.5. The lowest BCUT2D eigenvalue weighted by atomic mass is 9.73. The molecule has 3 amide bonds. The third-order valence-electron chi connectivity index (χ3n) is 8.20. The highest BCUT2D eigenvalue weighted by Gasteiger charge is 2.51. The van der Waals surface area contributed by atoms with E-state index in [1.165, 1.54) is 27.7 Å². The number of benzene rings is 2. The smallest absolute Gasteiger partial charge is 0.309 e. The molecule has 2 aromatic rings. The molecule has 0 bridgehead atoms.